The molecule has 458 valence electrons. The summed E-state index contributed by atoms with van der Waals surface area (Å²) in [5.74, 6) is 1.44. The molecule has 82 heavy (non-hydrogen) atoms. The highest BCUT2D eigenvalue weighted by Gasteiger charge is 2.49. The number of hydrogen-bond donors (Lipinski definition) is 1. The fourth-order valence-electron chi connectivity index (χ4n) is 11.7. The minimum absolute atomic E-state index is 0.0571. The quantitative estimate of drug-likeness (QED) is 0.0614. The van der Waals surface area contributed by atoms with Crippen LogP contribution in [-0.4, -0.2) is 59.4 Å². The van der Waals surface area contributed by atoms with Gasteiger partial charge in [0.2, 0.25) is 0 Å². The SMILES string of the molecule is CC(C)(C)C(=O)OCCCCCCC(C)(C)c1cc(OC(=O)C(C)(C)C)c2c(c1)OC(C)(C)[C@@H]1CC=C(C(=O)O)C[C@@H]21.CC1=CC[C@@H]2[C@@H](C1)c1c(OC(=O)C(C)(C)C)cc(C(C)(C)CCCCCCOC(=O)C(C)(C)C)cc1OC2(C)C. The van der Waals surface area contributed by atoms with Crippen LogP contribution < -0.4 is 18.9 Å². The van der Waals surface area contributed by atoms with Crippen molar-refractivity contribution in [2.24, 2.45) is 33.5 Å². The van der Waals surface area contributed by atoms with E-state index < -0.39 is 33.2 Å². The van der Waals surface area contributed by atoms with E-state index in [9.17, 15) is 29.1 Å². The minimum Gasteiger partial charge on any atom is -0.487 e. The molecule has 0 aromatic heterocycles. The third kappa shape index (κ3) is 17.5. The number of carbonyl (C=O) groups excluding carboxylic acids is 4. The van der Waals surface area contributed by atoms with Gasteiger partial charge < -0.3 is 33.5 Å². The van der Waals surface area contributed by atoms with Crippen molar-refractivity contribution < 1.29 is 57.5 Å². The van der Waals surface area contributed by atoms with Gasteiger partial charge in [-0.05, 0) is 215 Å². The molecule has 0 saturated carbocycles. The van der Waals surface area contributed by atoms with E-state index in [1.807, 2.05) is 95.2 Å². The van der Waals surface area contributed by atoms with Gasteiger partial charge in [0.25, 0.3) is 0 Å². The Bertz CT molecular complexity index is 2680. The lowest BCUT2D eigenvalue weighted by Crippen LogP contribution is -2.46. The first-order valence-corrected chi connectivity index (χ1v) is 30.7. The molecule has 0 bridgehead atoms. The highest BCUT2D eigenvalue weighted by molar-refractivity contribution is 5.87. The molecule has 0 saturated heterocycles. The Hall–Kier alpha value is -5.13. The zero-order valence-corrected chi connectivity index (χ0v) is 54.5. The molecular weight excluding hydrogens is 1030 g/mol. The van der Waals surface area contributed by atoms with Crippen molar-refractivity contribution in [3.63, 3.8) is 0 Å². The summed E-state index contributed by atoms with van der Waals surface area (Å²) in [5, 5.41) is 9.78. The molecule has 4 atom stereocenters. The summed E-state index contributed by atoms with van der Waals surface area (Å²) in [6.07, 6.45) is 16.8. The second-order valence-electron chi connectivity index (χ2n) is 30.7. The van der Waals surface area contributed by atoms with Crippen molar-refractivity contribution >= 4 is 29.8 Å². The molecule has 0 amide bonds. The highest BCUT2D eigenvalue weighted by Crippen LogP contribution is 2.57. The number of benzene rings is 2. The number of carboxylic acids is 1. The number of esters is 4. The number of hydrogen-bond acceptors (Lipinski definition) is 11. The van der Waals surface area contributed by atoms with E-state index >= 15 is 0 Å². The molecule has 12 heteroatoms. The first-order chi connectivity index (χ1) is 37.6. The lowest BCUT2D eigenvalue weighted by molar-refractivity contribution is -0.153. The van der Waals surface area contributed by atoms with Gasteiger partial charge in [-0.15, -0.1) is 0 Å². The molecule has 1 N–H and O–H groups in total. The number of carbonyl (C=O) groups is 5. The van der Waals surface area contributed by atoms with Crippen molar-refractivity contribution in [2.75, 3.05) is 13.2 Å². The van der Waals surface area contributed by atoms with Gasteiger partial charge in [0.05, 0.1) is 34.9 Å². The summed E-state index contributed by atoms with van der Waals surface area (Å²) in [5.41, 5.74) is 2.40. The molecule has 0 fully saturated rings. The van der Waals surface area contributed by atoms with Gasteiger partial charge in [0, 0.05) is 40.4 Å². The summed E-state index contributed by atoms with van der Waals surface area (Å²) in [4.78, 5) is 62.1. The molecule has 4 aliphatic rings. The van der Waals surface area contributed by atoms with Crippen molar-refractivity contribution in [3.8, 4) is 23.0 Å². The topological polar surface area (TPSA) is 161 Å². The van der Waals surface area contributed by atoms with Crippen LogP contribution in [-0.2, 0) is 44.3 Å². The van der Waals surface area contributed by atoms with Crippen molar-refractivity contribution in [1.82, 2.24) is 0 Å². The molecule has 6 rings (SSSR count). The Kier molecular flexibility index (Phi) is 21.5. The summed E-state index contributed by atoms with van der Waals surface area (Å²) in [6, 6.07) is 8.38. The number of fused-ring (bicyclic) bond motifs is 6. The maximum atomic E-state index is 13.1. The van der Waals surface area contributed by atoms with Gasteiger partial charge in [0.1, 0.15) is 34.2 Å². The lowest BCUT2D eigenvalue weighted by atomic mass is 9.66. The number of aliphatic carboxylic acids is 1. The molecule has 2 aromatic carbocycles. The van der Waals surface area contributed by atoms with Crippen molar-refractivity contribution in [3.05, 3.63) is 69.8 Å². The maximum Gasteiger partial charge on any atom is 0.331 e. The molecule has 2 aromatic rings. The summed E-state index contributed by atoms with van der Waals surface area (Å²) < 4.78 is 36.5. The van der Waals surface area contributed by atoms with Crippen molar-refractivity contribution in [1.29, 1.82) is 0 Å². The van der Waals surface area contributed by atoms with Gasteiger partial charge in [0.15, 0.2) is 0 Å². The molecule has 0 radical (unpaired) electrons. The highest BCUT2D eigenvalue weighted by atomic mass is 16.6. The van der Waals surface area contributed by atoms with Gasteiger partial charge in [-0.25, -0.2) is 4.79 Å². The average molecular weight is 1140 g/mol. The number of unbranched alkanes of at least 4 members (excludes halogenated alkanes) is 6. The van der Waals surface area contributed by atoms with Crippen LogP contribution in [0.4, 0.5) is 0 Å². The van der Waals surface area contributed by atoms with E-state index in [2.05, 4.69) is 86.6 Å². The van der Waals surface area contributed by atoms with E-state index in [0.717, 1.165) is 105 Å². The predicted molar refractivity (Wildman–Crippen MR) is 326 cm³/mol. The largest absolute Gasteiger partial charge is 0.487 e. The Balaban J connectivity index is 0.000000301. The number of carboxylic acid groups (broad SMARTS) is 1. The Morgan fingerprint density at radius 1 is 0.500 bits per heavy atom. The van der Waals surface area contributed by atoms with Crippen LogP contribution in [0.3, 0.4) is 0 Å². The Morgan fingerprint density at radius 3 is 1.22 bits per heavy atom. The van der Waals surface area contributed by atoms with Crippen LogP contribution in [0.1, 0.15) is 269 Å². The zero-order chi connectivity index (χ0) is 61.8. The van der Waals surface area contributed by atoms with Crippen LogP contribution in [0.15, 0.2) is 47.6 Å². The van der Waals surface area contributed by atoms with Crippen LogP contribution in [0.5, 0.6) is 23.0 Å². The summed E-state index contributed by atoms with van der Waals surface area (Å²) in [6.45, 7) is 42.9. The second kappa shape index (κ2) is 26.0. The fraction of sp³-hybridized carbons (Fsp3) is 0.700. The molecule has 2 aliphatic carbocycles. The molecule has 12 nitrogen and oxygen atoms in total. The first-order valence-electron chi connectivity index (χ1n) is 30.7. The molecule has 2 heterocycles. The monoisotopic (exact) mass is 1140 g/mol. The average Bonchev–Trinajstić information content (AvgIpc) is 3.55. The maximum absolute atomic E-state index is 13.1. The lowest BCUT2D eigenvalue weighted by Gasteiger charge is -2.47. The zero-order valence-electron chi connectivity index (χ0n) is 54.5. The van der Waals surface area contributed by atoms with Gasteiger partial charge >= 0.3 is 29.8 Å². The van der Waals surface area contributed by atoms with Gasteiger partial charge in [-0.3, -0.25) is 19.2 Å². The summed E-state index contributed by atoms with van der Waals surface area (Å²) in [7, 11) is 0. The van der Waals surface area contributed by atoms with Crippen LogP contribution in [0.2, 0.25) is 0 Å². The van der Waals surface area contributed by atoms with E-state index in [-0.39, 0.29) is 58.1 Å². The van der Waals surface area contributed by atoms with Crippen LogP contribution in [0, 0.1) is 33.5 Å². The van der Waals surface area contributed by atoms with Crippen molar-refractivity contribution in [2.45, 2.75) is 269 Å². The Morgan fingerprint density at radius 2 is 0.854 bits per heavy atom. The van der Waals surface area contributed by atoms with Gasteiger partial charge in [-0.2, -0.15) is 0 Å². The fourth-order valence-corrected chi connectivity index (χ4v) is 11.7. The van der Waals surface area contributed by atoms with E-state index in [0.29, 0.717) is 54.8 Å². The minimum atomic E-state index is -0.905. The normalized spacial score (nSPS) is 20.3. The van der Waals surface area contributed by atoms with Crippen LogP contribution in [0.25, 0.3) is 0 Å². The van der Waals surface area contributed by atoms with Gasteiger partial charge in [-0.1, -0.05) is 83.9 Å². The third-order valence-corrected chi connectivity index (χ3v) is 17.3. The van der Waals surface area contributed by atoms with E-state index in [1.54, 1.807) is 0 Å². The number of ether oxygens (including phenoxy) is 6. The Labute approximate surface area is 494 Å². The van der Waals surface area contributed by atoms with Crippen LogP contribution >= 0.6 is 0 Å². The van der Waals surface area contributed by atoms with E-state index in [1.165, 1.54) is 5.57 Å². The third-order valence-electron chi connectivity index (χ3n) is 17.3. The standard InChI is InChI=1S/C35H52O7.C35H54O5/c1-32(2,3)30(38)40-18-14-12-11-13-17-34(7,8)23-20-26(41-31(39)33(4,5)6)28-24-19-22(29(36)37)15-16-25(24)35(9,10)42-27(28)21-23;1-23-16-17-26-25(20-23)29-27(39-31(37)33(5,6)7)21-24(22-28(29)40-35(26,10)11)34(8,9)18-14-12-13-15-19-38-30(36)32(2,3)4/h15,20-21,24-25H,11-14,16-19H2,1-10H3,(H,36,37);16,21-22,25-26H,12-15,17-20H2,1-11H3/t24-,25-;25-,26-/m11/s1. The predicted octanol–water partition coefficient (Wildman–Crippen LogP) is 17.2. The number of allylic oxidation sites excluding steroid dienone is 3. The smallest absolute Gasteiger partial charge is 0.331 e. The summed E-state index contributed by atoms with van der Waals surface area (Å²) >= 11 is 0. The molecular formula is C70H106O12. The van der Waals surface area contributed by atoms with E-state index in [4.69, 9.17) is 28.4 Å². The molecule has 0 unspecified atom stereocenters. The number of rotatable bonds is 19. The second-order valence-corrected chi connectivity index (χ2v) is 30.7. The first kappa shape index (κ1) is 67.7. The molecule has 2 aliphatic heterocycles. The molecule has 0 spiro atoms.